The van der Waals surface area contributed by atoms with Gasteiger partial charge in [-0.15, -0.1) is 0 Å². The maximum Gasteiger partial charge on any atom is 0.244 e. The molecule has 2 heterocycles. The number of carbonyl (C=O) groups excluding carboxylic acids is 1. The van der Waals surface area contributed by atoms with E-state index in [1.807, 2.05) is 54.6 Å². The molecule has 6 nitrogen and oxygen atoms in total. The van der Waals surface area contributed by atoms with Gasteiger partial charge in [0.1, 0.15) is 11.5 Å². The van der Waals surface area contributed by atoms with Crippen molar-refractivity contribution >= 4 is 45.4 Å². The molecule has 5 aromatic rings. The van der Waals surface area contributed by atoms with Crippen molar-refractivity contribution in [2.45, 2.75) is 6.54 Å². The van der Waals surface area contributed by atoms with Crippen LogP contribution in [0.3, 0.4) is 0 Å². The third-order valence-corrected chi connectivity index (χ3v) is 6.21. The van der Waals surface area contributed by atoms with Gasteiger partial charge in [-0.05, 0) is 48.5 Å². The molecule has 0 spiro atoms. The smallest absolute Gasteiger partial charge is 0.244 e. The van der Waals surface area contributed by atoms with Crippen LogP contribution >= 0.6 is 11.6 Å². The summed E-state index contributed by atoms with van der Waals surface area (Å²) in [5.41, 5.74) is 5.21. The van der Waals surface area contributed by atoms with Crippen LogP contribution in [0, 0.1) is 0 Å². The number of para-hydroxylation sites is 1. The van der Waals surface area contributed by atoms with Crippen LogP contribution in [0.2, 0.25) is 5.02 Å². The summed E-state index contributed by atoms with van der Waals surface area (Å²) in [5.74, 6) is 1.09. The molecule has 0 atom stereocenters. The molecule has 1 amide bonds. The minimum absolute atomic E-state index is 0.242. The van der Waals surface area contributed by atoms with E-state index in [1.54, 1.807) is 32.4 Å². The monoisotopic (exact) mass is 497 g/mol. The summed E-state index contributed by atoms with van der Waals surface area (Å²) in [4.78, 5) is 21.0. The molecule has 180 valence electrons. The van der Waals surface area contributed by atoms with Crippen molar-refractivity contribution in [3.05, 3.63) is 95.2 Å². The summed E-state index contributed by atoms with van der Waals surface area (Å²) in [7, 11) is 3.18. The third kappa shape index (κ3) is 4.76. The molecule has 0 saturated carbocycles. The predicted octanol–water partition coefficient (Wildman–Crippen LogP) is 6.38. The average Bonchev–Trinajstić information content (AvgIpc) is 3.29. The summed E-state index contributed by atoms with van der Waals surface area (Å²) < 4.78 is 10.6. The normalized spacial score (nSPS) is 11.3. The van der Waals surface area contributed by atoms with Crippen LogP contribution in [0.5, 0.6) is 11.5 Å². The molecule has 0 unspecified atom stereocenters. The second kappa shape index (κ2) is 10.1. The number of rotatable bonds is 7. The first kappa shape index (κ1) is 23.5. The number of nitrogens with zero attached hydrogens (tertiary/aromatic N) is 1. The van der Waals surface area contributed by atoms with Gasteiger partial charge in [-0.3, -0.25) is 4.79 Å². The van der Waals surface area contributed by atoms with Crippen molar-refractivity contribution in [1.29, 1.82) is 0 Å². The van der Waals surface area contributed by atoms with E-state index < -0.39 is 0 Å². The molecule has 3 aromatic carbocycles. The highest BCUT2D eigenvalue weighted by Gasteiger charge is 2.14. The lowest BCUT2D eigenvalue weighted by Gasteiger charge is -2.09. The minimum Gasteiger partial charge on any atom is -0.497 e. The number of methoxy groups -OCH3 is 2. The minimum atomic E-state index is -0.242. The summed E-state index contributed by atoms with van der Waals surface area (Å²) in [6.07, 6.45) is 3.17. The molecular formula is C29H24ClN3O3. The molecule has 0 aliphatic rings. The second-order valence-electron chi connectivity index (χ2n) is 8.22. The SMILES string of the molecule is COc1ccc(OC)c(/C=C/C(=O)NCc2cc3c([nH]c4ccccc43)c(-c3ccc(Cl)cc3)n2)c1. The van der Waals surface area contributed by atoms with Gasteiger partial charge in [0, 0.05) is 38.5 Å². The fourth-order valence-electron chi connectivity index (χ4n) is 4.18. The maximum atomic E-state index is 12.6. The van der Waals surface area contributed by atoms with Gasteiger partial charge in [0.25, 0.3) is 0 Å². The number of amides is 1. The van der Waals surface area contributed by atoms with E-state index in [9.17, 15) is 4.79 Å². The largest absolute Gasteiger partial charge is 0.497 e. The maximum absolute atomic E-state index is 12.6. The van der Waals surface area contributed by atoms with Crippen molar-refractivity contribution in [2.24, 2.45) is 0 Å². The van der Waals surface area contributed by atoms with Crippen LogP contribution in [-0.4, -0.2) is 30.1 Å². The molecule has 0 bridgehead atoms. The zero-order chi connectivity index (χ0) is 25.1. The fourth-order valence-corrected chi connectivity index (χ4v) is 4.30. The van der Waals surface area contributed by atoms with Gasteiger partial charge in [-0.25, -0.2) is 4.98 Å². The number of fused-ring (bicyclic) bond motifs is 3. The van der Waals surface area contributed by atoms with Gasteiger partial charge >= 0.3 is 0 Å². The number of aromatic amines is 1. The van der Waals surface area contributed by atoms with Crippen LogP contribution in [0.15, 0.2) is 78.9 Å². The Labute approximate surface area is 213 Å². The topological polar surface area (TPSA) is 76.2 Å². The molecule has 36 heavy (non-hydrogen) atoms. The standard InChI is InChI=1S/C29H24ClN3O3/c1-35-22-12-13-26(36-2)19(15-22)9-14-27(34)31-17-21-16-24-23-5-3-4-6-25(23)33-29(24)28(32-21)18-7-10-20(30)11-8-18/h3-16,33H,17H2,1-2H3,(H,31,34)/b14-9+. The highest BCUT2D eigenvalue weighted by molar-refractivity contribution is 6.30. The van der Waals surface area contributed by atoms with Crippen molar-refractivity contribution in [3.63, 3.8) is 0 Å². The Morgan fingerprint density at radius 2 is 1.81 bits per heavy atom. The zero-order valence-corrected chi connectivity index (χ0v) is 20.6. The highest BCUT2D eigenvalue weighted by Crippen LogP contribution is 2.33. The zero-order valence-electron chi connectivity index (χ0n) is 19.8. The lowest BCUT2D eigenvalue weighted by atomic mass is 10.1. The third-order valence-electron chi connectivity index (χ3n) is 5.96. The molecule has 0 radical (unpaired) electrons. The second-order valence-corrected chi connectivity index (χ2v) is 8.66. The number of carbonyl (C=O) groups is 1. The number of nitrogens with one attached hydrogen (secondary N) is 2. The Balaban J connectivity index is 1.44. The predicted molar refractivity (Wildman–Crippen MR) is 144 cm³/mol. The fraction of sp³-hybridized carbons (Fsp3) is 0.103. The van der Waals surface area contributed by atoms with Gasteiger partial charge in [0.2, 0.25) is 5.91 Å². The van der Waals surface area contributed by atoms with E-state index in [1.165, 1.54) is 6.08 Å². The number of H-pyrrole nitrogens is 1. The first-order chi connectivity index (χ1) is 17.6. The van der Waals surface area contributed by atoms with Gasteiger partial charge in [-0.1, -0.05) is 41.9 Å². The van der Waals surface area contributed by atoms with Crippen molar-refractivity contribution in [1.82, 2.24) is 15.3 Å². The molecule has 0 aliphatic heterocycles. The molecule has 0 aliphatic carbocycles. The number of pyridine rings is 1. The first-order valence-corrected chi connectivity index (χ1v) is 11.8. The molecule has 5 rings (SSSR count). The average molecular weight is 498 g/mol. The molecule has 7 heteroatoms. The molecule has 2 N–H and O–H groups in total. The lowest BCUT2D eigenvalue weighted by molar-refractivity contribution is -0.116. The summed E-state index contributed by atoms with van der Waals surface area (Å²) in [6.45, 7) is 0.272. The number of hydrogen-bond donors (Lipinski definition) is 2. The number of halogens is 1. The molecule has 0 saturated heterocycles. The van der Waals surface area contributed by atoms with Crippen LogP contribution in [0.4, 0.5) is 0 Å². The molecule has 2 aromatic heterocycles. The summed E-state index contributed by atoms with van der Waals surface area (Å²) >= 11 is 6.11. The van der Waals surface area contributed by atoms with E-state index in [-0.39, 0.29) is 12.5 Å². The van der Waals surface area contributed by atoms with Crippen molar-refractivity contribution < 1.29 is 14.3 Å². The van der Waals surface area contributed by atoms with Crippen LogP contribution in [0.1, 0.15) is 11.3 Å². The highest BCUT2D eigenvalue weighted by atomic mass is 35.5. The Kier molecular flexibility index (Phi) is 6.60. The van der Waals surface area contributed by atoms with Crippen LogP contribution in [0.25, 0.3) is 39.1 Å². The summed E-state index contributed by atoms with van der Waals surface area (Å²) in [6, 6.07) is 23.1. The number of ether oxygens (including phenoxy) is 2. The van der Waals surface area contributed by atoms with Gasteiger partial charge in [0.05, 0.1) is 37.7 Å². The lowest BCUT2D eigenvalue weighted by Crippen LogP contribution is -2.21. The van der Waals surface area contributed by atoms with E-state index in [0.29, 0.717) is 16.5 Å². The summed E-state index contributed by atoms with van der Waals surface area (Å²) in [5, 5.41) is 5.75. The van der Waals surface area contributed by atoms with Crippen molar-refractivity contribution in [2.75, 3.05) is 14.2 Å². The first-order valence-electron chi connectivity index (χ1n) is 11.4. The van der Waals surface area contributed by atoms with Crippen LogP contribution < -0.4 is 14.8 Å². The number of benzene rings is 3. The Bertz CT molecular complexity index is 1590. The van der Waals surface area contributed by atoms with Crippen LogP contribution in [-0.2, 0) is 11.3 Å². The Hall–Kier alpha value is -4.29. The van der Waals surface area contributed by atoms with Crippen molar-refractivity contribution in [3.8, 4) is 22.8 Å². The molecular weight excluding hydrogens is 474 g/mol. The quantitative estimate of drug-likeness (QED) is 0.256. The van der Waals surface area contributed by atoms with E-state index in [2.05, 4.69) is 16.4 Å². The molecule has 0 fully saturated rings. The van der Waals surface area contributed by atoms with E-state index >= 15 is 0 Å². The van der Waals surface area contributed by atoms with E-state index in [0.717, 1.165) is 44.3 Å². The number of aromatic nitrogens is 2. The Morgan fingerprint density at radius 3 is 2.58 bits per heavy atom. The van der Waals surface area contributed by atoms with Gasteiger partial charge in [-0.2, -0.15) is 0 Å². The van der Waals surface area contributed by atoms with E-state index in [4.69, 9.17) is 26.1 Å². The Morgan fingerprint density at radius 1 is 1.00 bits per heavy atom. The van der Waals surface area contributed by atoms with Gasteiger partial charge in [0.15, 0.2) is 0 Å². The van der Waals surface area contributed by atoms with Gasteiger partial charge < -0.3 is 19.8 Å². The number of hydrogen-bond acceptors (Lipinski definition) is 4.